The van der Waals surface area contributed by atoms with Crippen molar-refractivity contribution in [2.45, 2.75) is 13.2 Å². The number of benzene rings is 2. The van der Waals surface area contributed by atoms with Gasteiger partial charge in [0.15, 0.2) is 0 Å². The molecule has 0 atom stereocenters. The number of rotatable bonds is 5. The summed E-state index contributed by atoms with van der Waals surface area (Å²) in [6.45, 7) is 1.14. The van der Waals surface area contributed by atoms with E-state index in [4.69, 9.17) is 9.47 Å². The van der Waals surface area contributed by atoms with Gasteiger partial charge >= 0.3 is 0 Å². The van der Waals surface area contributed by atoms with E-state index in [9.17, 15) is 0 Å². The van der Waals surface area contributed by atoms with Gasteiger partial charge in [0, 0.05) is 14.5 Å². The molecule has 0 spiro atoms. The third-order valence-corrected chi connectivity index (χ3v) is 4.22. The summed E-state index contributed by atoms with van der Waals surface area (Å²) >= 11 is 7.05. The Kier molecular flexibility index (Phi) is 5.43. The second kappa shape index (κ2) is 7.08. The van der Waals surface area contributed by atoms with Crippen molar-refractivity contribution in [2.24, 2.45) is 0 Å². The summed E-state index contributed by atoms with van der Waals surface area (Å²) in [5.74, 6) is 0.859. The fourth-order valence-electron chi connectivity index (χ4n) is 1.66. The quantitative estimate of drug-likeness (QED) is 0.725. The molecule has 0 saturated carbocycles. The minimum Gasteiger partial charge on any atom is -0.497 e. The smallest absolute Gasteiger partial charge is 0.118 e. The van der Waals surface area contributed by atoms with Crippen LogP contribution in [0, 0.1) is 0 Å². The van der Waals surface area contributed by atoms with Crippen LogP contribution in [0.15, 0.2) is 51.4 Å². The molecule has 0 heterocycles. The third-order valence-electron chi connectivity index (χ3n) is 2.74. The Labute approximate surface area is 130 Å². The van der Waals surface area contributed by atoms with Gasteiger partial charge in [-0.05, 0) is 29.8 Å². The Morgan fingerprint density at radius 1 is 0.895 bits per heavy atom. The van der Waals surface area contributed by atoms with Crippen molar-refractivity contribution in [3.63, 3.8) is 0 Å². The lowest BCUT2D eigenvalue weighted by Crippen LogP contribution is -1.96. The fraction of sp³-hybridized carbons (Fsp3) is 0.200. The first-order valence-corrected chi connectivity index (χ1v) is 7.43. The molecule has 0 N–H and O–H groups in total. The van der Waals surface area contributed by atoms with Crippen LogP contribution in [-0.2, 0) is 18.0 Å². The summed E-state index contributed by atoms with van der Waals surface area (Å²) in [5.41, 5.74) is 2.25. The highest BCUT2D eigenvalue weighted by Gasteiger charge is 2.04. The van der Waals surface area contributed by atoms with Gasteiger partial charge in [-0.25, -0.2) is 0 Å². The molecular formula is C15H14Br2O2. The SMILES string of the molecule is COc1ccc(COCc2c(Br)cccc2Br)cc1. The first kappa shape index (κ1) is 14.6. The zero-order valence-corrected chi connectivity index (χ0v) is 13.7. The van der Waals surface area contributed by atoms with Gasteiger partial charge in [0.1, 0.15) is 5.75 Å². The molecule has 100 valence electrons. The highest BCUT2D eigenvalue weighted by molar-refractivity contribution is 9.11. The Morgan fingerprint density at radius 2 is 1.53 bits per heavy atom. The van der Waals surface area contributed by atoms with E-state index >= 15 is 0 Å². The number of halogens is 2. The molecule has 2 aromatic carbocycles. The molecule has 0 aliphatic heterocycles. The maximum absolute atomic E-state index is 5.74. The van der Waals surface area contributed by atoms with Crippen molar-refractivity contribution in [2.75, 3.05) is 7.11 Å². The summed E-state index contributed by atoms with van der Waals surface area (Å²) in [5, 5.41) is 0. The summed E-state index contributed by atoms with van der Waals surface area (Å²) in [6.07, 6.45) is 0. The lowest BCUT2D eigenvalue weighted by atomic mass is 10.2. The van der Waals surface area contributed by atoms with Crippen LogP contribution >= 0.6 is 31.9 Å². The van der Waals surface area contributed by atoms with Crippen LogP contribution < -0.4 is 4.74 Å². The molecule has 0 radical (unpaired) electrons. The molecule has 0 aliphatic rings. The molecule has 0 bridgehead atoms. The molecule has 0 aliphatic carbocycles. The van der Waals surface area contributed by atoms with E-state index < -0.39 is 0 Å². The minimum absolute atomic E-state index is 0.564. The van der Waals surface area contributed by atoms with Crippen LogP contribution in [0.25, 0.3) is 0 Å². The van der Waals surface area contributed by atoms with E-state index in [2.05, 4.69) is 31.9 Å². The van der Waals surface area contributed by atoms with Crippen LogP contribution in [0.3, 0.4) is 0 Å². The fourth-order valence-corrected chi connectivity index (χ4v) is 2.89. The number of hydrogen-bond acceptors (Lipinski definition) is 2. The molecule has 2 nitrogen and oxygen atoms in total. The van der Waals surface area contributed by atoms with Crippen LogP contribution in [0.2, 0.25) is 0 Å². The highest BCUT2D eigenvalue weighted by Crippen LogP contribution is 2.26. The average molecular weight is 386 g/mol. The predicted molar refractivity (Wildman–Crippen MR) is 83.3 cm³/mol. The first-order valence-electron chi connectivity index (χ1n) is 5.84. The van der Waals surface area contributed by atoms with Crippen LogP contribution in [0.4, 0.5) is 0 Å². The molecule has 4 heteroatoms. The molecular weight excluding hydrogens is 372 g/mol. The van der Waals surface area contributed by atoms with Crippen LogP contribution in [0.1, 0.15) is 11.1 Å². The zero-order valence-electron chi connectivity index (χ0n) is 10.5. The van der Waals surface area contributed by atoms with Gasteiger partial charge in [0.05, 0.1) is 20.3 Å². The Hall–Kier alpha value is -0.840. The second-order valence-electron chi connectivity index (χ2n) is 4.04. The van der Waals surface area contributed by atoms with E-state index in [1.165, 1.54) is 0 Å². The van der Waals surface area contributed by atoms with Gasteiger partial charge in [-0.15, -0.1) is 0 Å². The second-order valence-corrected chi connectivity index (χ2v) is 5.75. The Bertz CT molecular complexity index is 518. The lowest BCUT2D eigenvalue weighted by Gasteiger charge is -2.09. The Morgan fingerprint density at radius 3 is 2.11 bits per heavy atom. The molecule has 19 heavy (non-hydrogen) atoms. The summed E-state index contributed by atoms with van der Waals surface area (Å²) in [4.78, 5) is 0. The predicted octanol–water partition coefficient (Wildman–Crippen LogP) is 4.94. The molecule has 0 unspecified atom stereocenters. The van der Waals surface area contributed by atoms with Gasteiger partial charge < -0.3 is 9.47 Å². The molecule has 2 aromatic rings. The standard InChI is InChI=1S/C15H14Br2O2/c1-18-12-7-5-11(6-8-12)9-19-10-13-14(16)3-2-4-15(13)17/h2-8H,9-10H2,1H3. The van der Waals surface area contributed by atoms with E-state index in [1.54, 1.807) is 7.11 Å². The van der Waals surface area contributed by atoms with Gasteiger partial charge in [-0.3, -0.25) is 0 Å². The van der Waals surface area contributed by atoms with E-state index in [1.807, 2.05) is 42.5 Å². The highest BCUT2D eigenvalue weighted by atomic mass is 79.9. The summed E-state index contributed by atoms with van der Waals surface area (Å²) in [7, 11) is 1.66. The van der Waals surface area contributed by atoms with E-state index in [-0.39, 0.29) is 0 Å². The number of methoxy groups -OCH3 is 1. The van der Waals surface area contributed by atoms with Crippen LogP contribution in [-0.4, -0.2) is 7.11 Å². The van der Waals surface area contributed by atoms with Crippen molar-refractivity contribution in [1.29, 1.82) is 0 Å². The average Bonchev–Trinajstić information content (AvgIpc) is 2.43. The number of hydrogen-bond donors (Lipinski definition) is 0. The normalized spacial score (nSPS) is 10.5. The molecule has 0 saturated heterocycles. The van der Waals surface area contributed by atoms with Crippen molar-refractivity contribution in [1.82, 2.24) is 0 Å². The van der Waals surface area contributed by atoms with Crippen molar-refractivity contribution >= 4 is 31.9 Å². The first-order chi connectivity index (χ1) is 9.20. The third kappa shape index (κ3) is 4.06. The van der Waals surface area contributed by atoms with Gasteiger partial charge in [-0.2, -0.15) is 0 Å². The summed E-state index contributed by atoms with van der Waals surface area (Å²) < 4.78 is 13.0. The van der Waals surface area contributed by atoms with Gasteiger partial charge in [0.2, 0.25) is 0 Å². The zero-order chi connectivity index (χ0) is 13.7. The minimum atomic E-state index is 0.564. The topological polar surface area (TPSA) is 18.5 Å². The summed E-state index contributed by atoms with van der Waals surface area (Å²) in [6, 6.07) is 13.9. The maximum Gasteiger partial charge on any atom is 0.118 e. The number of ether oxygens (including phenoxy) is 2. The molecule has 0 amide bonds. The molecule has 0 fully saturated rings. The largest absolute Gasteiger partial charge is 0.497 e. The van der Waals surface area contributed by atoms with Crippen molar-refractivity contribution < 1.29 is 9.47 Å². The van der Waals surface area contributed by atoms with E-state index in [0.717, 1.165) is 25.8 Å². The lowest BCUT2D eigenvalue weighted by molar-refractivity contribution is 0.106. The van der Waals surface area contributed by atoms with Crippen molar-refractivity contribution in [3.05, 3.63) is 62.5 Å². The van der Waals surface area contributed by atoms with Crippen LogP contribution in [0.5, 0.6) is 5.75 Å². The molecule has 2 rings (SSSR count). The van der Waals surface area contributed by atoms with Crippen molar-refractivity contribution in [3.8, 4) is 5.75 Å². The monoisotopic (exact) mass is 384 g/mol. The van der Waals surface area contributed by atoms with E-state index in [0.29, 0.717) is 13.2 Å². The molecule has 0 aromatic heterocycles. The maximum atomic E-state index is 5.74. The van der Waals surface area contributed by atoms with Gasteiger partial charge in [0.25, 0.3) is 0 Å². The van der Waals surface area contributed by atoms with Gasteiger partial charge in [-0.1, -0.05) is 50.1 Å². The Balaban J connectivity index is 1.92.